The molecule has 1 amide bonds. The zero-order valence-corrected chi connectivity index (χ0v) is 6.60. The minimum Gasteiger partial charge on any atom is -0.359 e. The normalized spacial score (nSPS) is 18.5. The van der Waals surface area contributed by atoms with Gasteiger partial charge in [-0.2, -0.15) is 0 Å². The molecule has 1 rings (SSSR count). The van der Waals surface area contributed by atoms with Crippen LogP contribution < -0.4 is 5.73 Å². The molecule has 0 aliphatic heterocycles. The highest BCUT2D eigenvalue weighted by Gasteiger charge is 2.09. The van der Waals surface area contributed by atoms with Crippen molar-refractivity contribution in [2.24, 2.45) is 11.7 Å². The van der Waals surface area contributed by atoms with Crippen molar-refractivity contribution in [2.45, 2.75) is 32.1 Å². The molecule has 0 saturated heterocycles. The van der Waals surface area contributed by atoms with Crippen molar-refractivity contribution in [1.82, 2.24) is 0 Å². The maximum atomic E-state index is 10.3. The van der Waals surface area contributed by atoms with Gasteiger partial charge in [-0.3, -0.25) is 4.79 Å². The maximum absolute atomic E-state index is 10.3. The highest BCUT2D eigenvalue weighted by molar-refractivity contribution is 5.91. The molecule has 2 nitrogen and oxygen atoms in total. The van der Waals surface area contributed by atoms with Crippen LogP contribution in [0.1, 0.15) is 32.1 Å². The van der Waals surface area contributed by atoms with Crippen molar-refractivity contribution in [3.05, 3.63) is 0 Å². The smallest absolute Gasteiger partial charge is 0.293 e. The van der Waals surface area contributed by atoms with E-state index in [2.05, 4.69) is 11.8 Å². The standard InChI is InChI=1S/C9H13NO/c10-9(11)7-6-8-4-2-1-3-5-8/h8H,1-5H2,(H2,10,11). The Morgan fingerprint density at radius 3 is 2.45 bits per heavy atom. The molecule has 0 radical (unpaired) electrons. The second-order valence-electron chi connectivity index (χ2n) is 2.97. The van der Waals surface area contributed by atoms with Crippen LogP contribution in [0.5, 0.6) is 0 Å². The van der Waals surface area contributed by atoms with Crippen molar-refractivity contribution < 1.29 is 4.79 Å². The van der Waals surface area contributed by atoms with E-state index in [9.17, 15) is 4.79 Å². The molecule has 1 aliphatic carbocycles. The summed E-state index contributed by atoms with van der Waals surface area (Å²) < 4.78 is 0. The molecular weight excluding hydrogens is 138 g/mol. The van der Waals surface area contributed by atoms with Gasteiger partial charge in [0.05, 0.1) is 0 Å². The molecule has 1 fully saturated rings. The molecule has 0 spiro atoms. The van der Waals surface area contributed by atoms with Gasteiger partial charge in [-0.1, -0.05) is 25.2 Å². The molecule has 0 atom stereocenters. The monoisotopic (exact) mass is 151 g/mol. The molecule has 0 bridgehead atoms. The lowest BCUT2D eigenvalue weighted by Gasteiger charge is -2.15. The van der Waals surface area contributed by atoms with Crippen LogP contribution in [-0.4, -0.2) is 5.91 Å². The van der Waals surface area contributed by atoms with Gasteiger partial charge in [0.25, 0.3) is 5.91 Å². The number of carbonyl (C=O) groups is 1. The zero-order valence-electron chi connectivity index (χ0n) is 6.60. The summed E-state index contributed by atoms with van der Waals surface area (Å²) >= 11 is 0. The lowest BCUT2D eigenvalue weighted by molar-refractivity contribution is -0.112. The molecule has 0 aromatic carbocycles. The van der Waals surface area contributed by atoms with E-state index in [0.29, 0.717) is 5.92 Å². The molecule has 11 heavy (non-hydrogen) atoms. The van der Waals surface area contributed by atoms with Crippen LogP contribution in [0.2, 0.25) is 0 Å². The van der Waals surface area contributed by atoms with Gasteiger partial charge < -0.3 is 5.73 Å². The summed E-state index contributed by atoms with van der Waals surface area (Å²) in [6, 6.07) is 0. The largest absolute Gasteiger partial charge is 0.359 e. The Hall–Kier alpha value is -0.970. The fourth-order valence-electron chi connectivity index (χ4n) is 1.42. The van der Waals surface area contributed by atoms with Crippen molar-refractivity contribution in [1.29, 1.82) is 0 Å². The van der Waals surface area contributed by atoms with Gasteiger partial charge in [-0.05, 0) is 18.8 Å². The van der Waals surface area contributed by atoms with Gasteiger partial charge in [0.1, 0.15) is 0 Å². The van der Waals surface area contributed by atoms with Crippen molar-refractivity contribution in [3.8, 4) is 11.8 Å². The molecule has 0 unspecified atom stereocenters. The summed E-state index contributed by atoms with van der Waals surface area (Å²) in [6.07, 6.45) is 6.09. The highest BCUT2D eigenvalue weighted by atomic mass is 16.1. The molecule has 0 aromatic rings. The fraction of sp³-hybridized carbons (Fsp3) is 0.667. The molecule has 2 heteroatoms. The predicted octanol–water partition coefficient (Wildman–Crippen LogP) is 1.06. The quantitative estimate of drug-likeness (QED) is 0.517. The number of nitrogens with two attached hydrogens (primary N) is 1. The van der Waals surface area contributed by atoms with E-state index in [1.165, 1.54) is 19.3 Å². The first kappa shape index (κ1) is 8.13. The third-order valence-corrected chi connectivity index (χ3v) is 2.00. The Morgan fingerprint density at radius 2 is 1.91 bits per heavy atom. The van der Waals surface area contributed by atoms with E-state index in [1.54, 1.807) is 0 Å². The summed E-state index contributed by atoms with van der Waals surface area (Å²) in [5.41, 5.74) is 4.90. The Bertz CT molecular complexity index is 193. The van der Waals surface area contributed by atoms with Gasteiger partial charge >= 0.3 is 0 Å². The van der Waals surface area contributed by atoms with Gasteiger partial charge in [0.2, 0.25) is 0 Å². The van der Waals surface area contributed by atoms with Crippen LogP contribution in [0.15, 0.2) is 0 Å². The van der Waals surface area contributed by atoms with Crippen molar-refractivity contribution in [3.63, 3.8) is 0 Å². The Morgan fingerprint density at radius 1 is 1.27 bits per heavy atom. The average Bonchev–Trinajstić information content (AvgIpc) is 2.03. The third-order valence-electron chi connectivity index (χ3n) is 2.00. The molecule has 2 N–H and O–H groups in total. The van der Waals surface area contributed by atoms with Gasteiger partial charge in [0, 0.05) is 5.92 Å². The lowest BCUT2D eigenvalue weighted by atomic mass is 9.90. The number of primary amides is 1. The number of amides is 1. The van der Waals surface area contributed by atoms with Crippen molar-refractivity contribution in [2.75, 3.05) is 0 Å². The highest BCUT2D eigenvalue weighted by Crippen LogP contribution is 2.22. The van der Waals surface area contributed by atoms with E-state index in [1.807, 2.05) is 0 Å². The number of hydrogen-bond donors (Lipinski definition) is 1. The van der Waals surface area contributed by atoms with E-state index in [-0.39, 0.29) is 0 Å². The van der Waals surface area contributed by atoms with Gasteiger partial charge in [0.15, 0.2) is 0 Å². The topological polar surface area (TPSA) is 43.1 Å². The second-order valence-corrected chi connectivity index (χ2v) is 2.97. The van der Waals surface area contributed by atoms with Crippen LogP contribution in [-0.2, 0) is 4.79 Å². The zero-order chi connectivity index (χ0) is 8.10. The van der Waals surface area contributed by atoms with Crippen LogP contribution in [0.3, 0.4) is 0 Å². The first-order valence-electron chi connectivity index (χ1n) is 4.10. The fourth-order valence-corrected chi connectivity index (χ4v) is 1.42. The minimum absolute atomic E-state index is 0.427. The molecular formula is C9H13NO. The van der Waals surface area contributed by atoms with Crippen LogP contribution in [0.4, 0.5) is 0 Å². The second kappa shape index (κ2) is 4.02. The van der Waals surface area contributed by atoms with Crippen LogP contribution in [0.25, 0.3) is 0 Å². The van der Waals surface area contributed by atoms with Crippen LogP contribution in [0, 0.1) is 17.8 Å². The first-order chi connectivity index (χ1) is 5.29. The Labute approximate surface area is 67.2 Å². The van der Waals surface area contributed by atoms with E-state index < -0.39 is 5.91 Å². The predicted molar refractivity (Wildman–Crippen MR) is 43.5 cm³/mol. The lowest BCUT2D eigenvalue weighted by Crippen LogP contribution is -2.09. The Kier molecular flexibility index (Phi) is 2.97. The number of rotatable bonds is 0. The van der Waals surface area contributed by atoms with E-state index in [4.69, 9.17) is 5.73 Å². The Balaban J connectivity index is 2.36. The summed E-state index contributed by atoms with van der Waals surface area (Å²) in [6.45, 7) is 0. The summed E-state index contributed by atoms with van der Waals surface area (Å²) in [7, 11) is 0. The molecule has 60 valence electrons. The minimum atomic E-state index is -0.504. The van der Waals surface area contributed by atoms with E-state index in [0.717, 1.165) is 12.8 Å². The summed E-state index contributed by atoms with van der Waals surface area (Å²) in [4.78, 5) is 10.3. The molecule has 0 aromatic heterocycles. The SMILES string of the molecule is NC(=O)C#CC1CCCCC1. The van der Waals surface area contributed by atoms with Crippen LogP contribution >= 0.6 is 0 Å². The number of carbonyl (C=O) groups excluding carboxylic acids is 1. The summed E-state index contributed by atoms with van der Waals surface area (Å²) in [5.74, 6) is 5.22. The number of hydrogen-bond acceptors (Lipinski definition) is 1. The average molecular weight is 151 g/mol. The molecule has 1 aliphatic rings. The molecule has 1 saturated carbocycles. The maximum Gasteiger partial charge on any atom is 0.293 e. The van der Waals surface area contributed by atoms with Crippen molar-refractivity contribution >= 4 is 5.91 Å². The van der Waals surface area contributed by atoms with E-state index >= 15 is 0 Å². The van der Waals surface area contributed by atoms with Gasteiger partial charge in [-0.25, -0.2) is 0 Å². The van der Waals surface area contributed by atoms with Gasteiger partial charge in [-0.15, -0.1) is 0 Å². The third kappa shape index (κ3) is 3.08. The summed E-state index contributed by atoms with van der Waals surface area (Å²) in [5, 5.41) is 0. The first-order valence-corrected chi connectivity index (χ1v) is 4.10. The molecule has 0 heterocycles.